The Kier molecular flexibility index (Phi) is 5.50. The normalized spacial score (nSPS) is 10.3. The summed E-state index contributed by atoms with van der Waals surface area (Å²) in [7, 11) is 1.91. The number of hydrogen-bond acceptors (Lipinski definition) is 4. The Morgan fingerprint density at radius 1 is 1.47 bits per heavy atom. The summed E-state index contributed by atoms with van der Waals surface area (Å²) in [6.07, 6.45) is 2.07. The van der Waals surface area contributed by atoms with Crippen LogP contribution in [0, 0.1) is 6.92 Å². The third kappa shape index (κ3) is 4.10. The van der Waals surface area contributed by atoms with Crippen molar-refractivity contribution in [3.63, 3.8) is 0 Å². The zero-order chi connectivity index (χ0) is 11.1. The quantitative estimate of drug-likeness (QED) is 0.751. The molecule has 0 aliphatic carbocycles. The minimum absolute atomic E-state index is 0.739. The first kappa shape index (κ1) is 12.3. The molecule has 0 aliphatic rings. The third-order valence-electron chi connectivity index (χ3n) is 1.96. The Balaban J connectivity index is 2.67. The second kappa shape index (κ2) is 6.69. The van der Waals surface area contributed by atoms with E-state index in [1.165, 1.54) is 0 Å². The van der Waals surface area contributed by atoms with Crippen molar-refractivity contribution < 1.29 is 4.74 Å². The van der Waals surface area contributed by atoms with Gasteiger partial charge in [0.25, 0.3) is 0 Å². The van der Waals surface area contributed by atoms with Gasteiger partial charge in [-0.3, -0.25) is 4.98 Å². The van der Waals surface area contributed by atoms with E-state index in [1.54, 1.807) is 11.8 Å². The zero-order valence-corrected chi connectivity index (χ0v) is 10.4. The van der Waals surface area contributed by atoms with Crippen molar-refractivity contribution >= 4 is 11.8 Å². The fourth-order valence-corrected chi connectivity index (χ4v) is 1.51. The van der Waals surface area contributed by atoms with Crippen molar-refractivity contribution in [2.45, 2.75) is 13.5 Å². The van der Waals surface area contributed by atoms with Gasteiger partial charge in [0.1, 0.15) is 5.75 Å². The summed E-state index contributed by atoms with van der Waals surface area (Å²) in [5.41, 5.74) is 2.01. The number of hydrogen-bond donors (Lipinski definition) is 1. The maximum absolute atomic E-state index is 5.66. The lowest BCUT2D eigenvalue weighted by Crippen LogP contribution is -2.11. The predicted molar refractivity (Wildman–Crippen MR) is 65.6 cm³/mol. The first-order valence-electron chi connectivity index (χ1n) is 5.00. The van der Waals surface area contributed by atoms with Crippen LogP contribution in [0.2, 0.25) is 0 Å². The summed E-state index contributed by atoms with van der Waals surface area (Å²) in [6, 6.07) is 3.98. The van der Waals surface area contributed by atoms with E-state index in [-0.39, 0.29) is 0 Å². The number of aryl methyl sites for hydroxylation is 1. The molecule has 84 valence electrons. The number of aromatic nitrogens is 1. The summed E-state index contributed by atoms with van der Waals surface area (Å²) in [5.74, 6) is 1.90. The van der Waals surface area contributed by atoms with Gasteiger partial charge in [0.15, 0.2) is 0 Å². The molecule has 0 radical (unpaired) electrons. The average Bonchev–Trinajstić information content (AvgIpc) is 2.22. The lowest BCUT2D eigenvalue weighted by molar-refractivity contribution is 0.337. The summed E-state index contributed by atoms with van der Waals surface area (Å²) in [6.45, 7) is 3.48. The van der Waals surface area contributed by atoms with Crippen molar-refractivity contribution in [1.82, 2.24) is 10.3 Å². The molecule has 0 aliphatic heterocycles. The number of nitrogens with zero attached hydrogens (tertiary/aromatic N) is 1. The van der Waals surface area contributed by atoms with Gasteiger partial charge in [-0.2, -0.15) is 11.8 Å². The highest BCUT2D eigenvalue weighted by Gasteiger charge is 2.04. The first-order valence-corrected chi connectivity index (χ1v) is 6.40. The van der Waals surface area contributed by atoms with E-state index in [1.807, 2.05) is 26.1 Å². The molecule has 0 spiro atoms. The molecule has 4 heteroatoms. The van der Waals surface area contributed by atoms with Gasteiger partial charge in [-0.05, 0) is 32.4 Å². The van der Waals surface area contributed by atoms with E-state index in [0.29, 0.717) is 0 Å². The lowest BCUT2D eigenvalue weighted by Gasteiger charge is -2.10. The number of ether oxygens (including phenoxy) is 1. The summed E-state index contributed by atoms with van der Waals surface area (Å²) in [4.78, 5) is 4.45. The molecule has 1 aromatic rings. The standard InChI is InChI=1S/C11H18N2OS/c1-9-4-5-11(14-6-7-15-3)10(13-9)8-12-2/h4-5,12H,6-8H2,1-3H3. The van der Waals surface area contributed by atoms with Crippen LogP contribution in [-0.2, 0) is 6.54 Å². The van der Waals surface area contributed by atoms with E-state index >= 15 is 0 Å². The summed E-state index contributed by atoms with van der Waals surface area (Å²) >= 11 is 1.78. The van der Waals surface area contributed by atoms with Crippen LogP contribution in [0.1, 0.15) is 11.4 Å². The molecule has 1 rings (SSSR count). The first-order chi connectivity index (χ1) is 7.27. The minimum Gasteiger partial charge on any atom is -0.491 e. The molecule has 1 heterocycles. The Morgan fingerprint density at radius 2 is 2.27 bits per heavy atom. The minimum atomic E-state index is 0.739. The Morgan fingerprint density at radius 3 is 2.93 bits per heavy atom. The molecule has 0 saturated carbocycles. The Bertz CT molecular complexity index is 305. The smallest absolute Gasteiger partial charge is 0.142 e. The van der Waals surface area contributed by atoms with Crippen LogP contribution in [0.4, 0.5) is 0 Å². The van der Waals surface area contributed by atoms with Crippen molar-refractivity contribution in [1.29, 1.82) is 0 Å². The van der Waals surface area contributed by atoms with Crippen molar-refractivity contribution in [3.05, 3.63) is 23.5 Å². The molecule has 0 amide bonds. The average molecular weight is 226 g/mol. The largest absolute Gasteiger partial charge is 0.491 e. The van der Waals surface area contributed by atoms with Crippen molar-refractivity contribution in [3.8, 4) is 5.75 Å². The lowest BCUT2D eigenvalue weighted by atomic mass is 10.3. The molecule has 0 atom stereocenters. The SMILES string of the molecule is CNCc1nc(C)ccc1OCCSC. The van der Waals surface area contributed by atoms with Crippen LogP contribution >= 0.6 is 11.8 Å². The molecule has 0 saturated heterocycles. The molecular weight excluding hydrogens is 208 g/mol. The molecule has 3 nitrogen and oxygen atoms in total. The number of pyridine rings is 1. The predicted octanol–water partition coefficient (Wildman–Crippen LogP) is 1.85. The maximum atomic E-state index is 5.66. The van der Waals surface area contributed by atoms with Gasteiger partial charge < -0.3 is 10.1 Å². The van der Waals surface area contributed by atoms with Crippen LogP contribution < -0.4 is 10.1 Å². The van der Waals surface area contributed by atoms with Crippen LogP contribution in [0.15, 0.2) is 12.1 Å². The molecule has 0 fully saturated rings. The van der Waals surface area contributed by atoms with Gasteiger partial charge in [-0.15, -0.1) is 0 Å². The molecule has 1 N–H and O–H groups in total. The van der Waals surface area contributed by atoms with Crippen LogP contribution in [0.25, 0.3) is 0 Å². The number of nitrogens with one attached hydrogen (secondary N) is 1. The van der Waals surface area contributed by atoms with Crippen molar-refractivity contribution in [2.75, 3.05) is 25.7 Å². The molecule has 15 heavy (non-hydrogen) atoms. The summed E-state index contributed by atoms with van der Waals surface area (Å²) in [5, 5.41) is 3.09. The number of thioether (sulfide) groups is 1. The van der Waals surface area contributed by atoms with E-state index in [2.05, 4.69) is 16.6 Å². The number of rotatable bonds is 6. The van der Waals surface area contributed by atoms with E-state index in [9.17, 15) is 0 Å². The van der Waals surface area contributed by atoms with Crippen LogP contribution in [0.5, 0.6) is 5.75 Å². The topological polar surface area (TPSA) is 34.2 Å². The summed E-state index contributed by atoms with van der Waals surface area (Å²) < 4.78 is 5.66. The highest BCUT2D eigenvalue weighted by atomic mass is 32.2. The second-order valence-electron chi connectivity index (χ2n) is 3.27. The fourth-order valence-electron chi connectivity index (χ4n) is 1.26. The van der Waals surface area contributed by atoms with Crippen LogP contribution in [0.3, 0.4) is 0 Å². The zero-order valence-electron chi connectivity index (χ0n) is 9.54. The highest BCUT2D eigenvalue weighted by molar-refractivity contribution is 7.98. The maximum Gasteiger partial charge on any atom is 0.142 e. The van der Waals surface area contributed by atoms with Gasteiger partial charge in [0, 0.05) is 18.0 Å². The van der Waals surface area contributed by atoms with Gasteiger partial charge >= 0.3 is 0 Å². The van der Waals surface area contributed by atoms with Gasteiger partial charge in [-0.1, -0.05) is 0 Å². The second-order valence-corrected chi connectivity index (χ2v) is 4.25. The monoisotopic (exact) mass is 226 g/mol. The third-order valence-corrected chi connectivity index (χ3v) is 2.54. The Labute approximate surface area is 95.6 Å². The fraction of sp³-hybridized carbons (Fsp3) is 0.545. The molecule has 0 bridgehead atoms. The van der Waals surface area contributed by atoms with E-state index in [0.717, 1.165) is 36.0 Å². The van der Waals surface area contributed by atoms with Crippen LogP contribution in [-0.4, -0.2) is 30.6 Å². The Hall–Kier alpha value is -0.740. The van der Waals surface area contributed by atoms with E-state index < -0.39 is 0 Å². The van der Waals surface area contributed by atoms with E-state index in [4.69, 9.17) is 4.74 Å². The highest BCUT2D eigenvalue weighted by Crippen LogP contribution is 2.16. The van der Waals surface area contributed by atoms with Gasteiger partial charge in [0.05, 0.1) is 12.3 Å². The molecule has 0 unspecified atom stereocenters. The van der Waals surface area contributed by atoms with Crippen molar-refractivity contribution in [2.24, 2.45) is 0 Å². The van der Waals surface area contributed by atoms with Gasteiger partial charge in [0.2, 0.25) is 0 Å². The molecular formula is C11H18N2OS. The molecule has 0 aromatic carbocycles. The molecule has 1 aromatic heterocycles. The van der Waals surface area contributed by atoms with Gasteiger partial charge in [-0.25, -0.2) is 0 Å².